The Kier molecular flexibility index (Phi) is 8.53. The molecule has 0 aromatic heterocycles. The van der Waals surface area contributed by atoms with Crippen LogP contribution in [0.1, 0.15) is 18.5 Å². The minimum absolute atomic E-state index is 0. The van der Waals surface area contributed by atoms with E-state index in [0.29, 0.717) is 6.04 Å². The first kappa shape index (κ1) is 16.7. The molecule has 2 rings (SSSR count). The van der Waals surface area contributed by atoms with Gasteiger partial charge in [-0.1, -0.05) is 27.3 Å². The fourth-order valence-corrected chi connectivity index (χ4v) is 1.97. The van der Waals surface area contributed by atoms with Crippen LogP contribution in [-0.4, -0.2) is 19.0 Å². The van der Waals surface area contributed by atoms with Crippen molar-refractivity contribution in [3.05, 3.63) is 58.6 Å². The second-order valence-electron chi connectivity index (χ2n) is 3.93. The van der Waals surface area contributed by atoms with E-state index in [4.69, 9.17) is 0 Å². The summed E-state index contributed by atoms with van der Waals surface area (Å²) in [5.41, 5.74) is 1.36. The monoisotopic (exact) mass is 335 g/mol. The fraction of sp³-hybridized carbons (Fsp3) is 0.286. The molecular weight excluding hydrogens is 318 g/mol. The summed E-state index contributed by atoms with van der Waals surface area (Å²) in [5, 5.41) is 0. The minimum atomic E-state index is 0. The topological polar surface area (TPSA) is 3.24 Å². The third kappa shape index (κ3) is 5.69. The van der Waals surface area contributed by atoms with Gasteiger partial charge in [-0.2, -0.15) is 12.1 Å². The number of hydrogen-bond acceptors (Lipinski definition) is 1. The first-order chi connectivity index (χ1) is 7.63. The summed E-state index contributed by atoms with van der Waals surface area (Å²) < 4.78 is 1.21. The number of hydrogen-bond donors (Lipinski definition) is 0. The van der Waals surface area contributed by atoms with Crippen LogP contribution in [0.3, 0.4) is 0 Å². The van der Waals surface area contributed by atoms with Gasteiger partial charge in [0.1, 0.15) is 0 Å². The van der Waals surface area contributed by atoms with Crippen LogP contribution in [0.25, 0.3) is 0 Å². The van der Waals surface area contributed by atoms with E-state index in [1.54, 1.807) is 0 Å². The summed E-state index contributed by atoms with van der Waals surface area (Å²) in [5.74, 6) is 0. The molecule has 0 saturated carbocycles. The van der Waals surface area contributed by atoms with Crippen molar-refractivity contribution in [2.75, 3.05) is 14.1 Å². The van der Waals surface area contributed by atoms with Crippen molar-refractivity contribution < 1.29 is 17.1 Å². The molecule has 0 saturated heterocycles. The summed E-state index contributed by atoms with van der Waals surface area (Å²) in [6.07, 6.45) is 0. The molecule has 0 spiro atoms. The average Bonchev–Trinajstić information content (AvgIpc) is 2.89. The molecule has 0 fully saturated rings. The molecule has 0 bridgehead atoms. The maximum absolute atomic E-state index is 3.51. The maximum Gasteiger partial charge on any atom is 0 e. The van der Waals surface area contributed by atoms with Crippen LogP contribution in [0, 0.1) is 0 Å². The van der Waals surface area contributed by atoms with E-state index in [2.05, 4.69) is 60.0 Å². The van der Waals surface area contributed by atoms with Gasteiger partial charge >= 0.3 is 0 Å². The van der Waals surface area contributed by atoms with Gasteiger partial charge in [0.15, 0.2) is 0 Å². The summed E-state index contributed by atoms with van der Waals surface area (Å²) in [7, 11) is 4.17. The number of halogens is 1. The first-order valence-corrected chi connectivity index (χ1v) is 6.16. The average molecular weight is 336 g/mol. The zero-order chi connectivity index (χ0) is 12.0. The molecule has 2 aromatic carbocycles. The van der Waals surface area contributed by atoms with Crippen molar-refractivity contribution in [1.29, 1.82) is 0 Å². The Hall–Kier alpha value is -0.341. The second-order valence-corrected chi connectivity index (χ2v) is 4.79. The first-order valence-electron chi connectivity index (χ1n) is 5.37. The molecule has 100 valence electrons. The van der Waals surface area contributed by atoms with Crippen LogP contribution in [0.5, 0.6) is 0 Å². The second kappa shape index (κ2) is 8.71. The molecule has 0 N–H and O–H groups in total. The summed E-state index contributed by atoms with van der Waals surface area (Å²) in [6.45, 7) is 2.19. The van der Waals surface area contributed by atoms with Crippen LogP contribution >= 0.6 is 15.9 Å². The zero-order valence-electron chi connectivity index (χ0n) is 10.4. The van der Waals surface area contributed by atoms with Gasteiger partial charge in [-0.25, -0.2) is 6.07 Å². The van der Waals surface area contributed by atoms with Crippen molar-refractivity contribution in [3.63, 3.8) is 0 Å². The van der Waals surface area contributed by atoms with Gasteiger partial charge < -0.3 is 35.2 Å². The molecule has 1 atom stereocenters. The van der Waals surface area contributed by atoms with Crippen molar-refractivity contribution in [1.82, 2.24) is 4.90 Å². The fourth-order valence-electron chi connectivity index (χ4n) is 1.35. The quantitative estimate of drug-likeness (QED) is 0.587. The van der Waals surface area contributed by atoms with Crippen LogP contribution in [0.15, 0.2) is 53.0 Å². The SMILES string of the molecule is C[C@H]([c-]1cccc1Br)N(C)C.[Fe].[cH-]1[cH-][cH-][cH-][cH-]1. The maximum atomic E-state index is 3.51. The summed E-state index contributed by atoms with van der Waals surface area (Å²) in [6, 6.07) is 16.8. The van der Waals surface area contributed by atoms with Gasteiger partial charge in [-0.15, -0.1) is 5.56 Å². The van der Waals surface area contributed by atoms with E-state index in [1.807, 2.05) is 30.3 Å². The molecule has 0 unspecified atom stereocenters. The normalized spacial score (nSPS) is 11.4. The smallest absolute Gasteiger partial charge is 0 e. The number of nitrogens with zero attached hydrogens (tertiary/aromatic N) is 1. The summed E-state index contributed by atoms with van der Waals surface area (Å²) >= 11 is 3.51. The Labute approximate surface area is 123 Å². The predicted octanol–water partition coefficient (Wildman–Crippen LogP) is 4.19. The van der Waals surface area contributed by atoms with Crippen LogP contribution in [0.2, 0.25) is 0 Å². The molecule has 1 nitrogen and oxygen atoms in total. The Morgan fingerprint density at radius 1 is 1.18 bits per heavy atom. The van der Waals surface area contributed by atoms with Crippen LogP contribution in [0.4, 0.5) is 0 Å². The molecule has 3 heteroatoms. The Bertz CT molecular complexity index is 361. The van der Waals surface area contributed by atoms with E-state index < -0.39 is 0 Å². The molecule has 0 radical (unpaired) electrons. The van der Waals surface area contributed by atoms with Crippen LogP contribution < -0.4 is 0 Å². The van der Waals surface area contributed by atoms with Gasteiger partial charge in [0.25, 0.3) is 0 Å². The number of rotatable bonds is 2. The van der Waals surface area contributed by atoms with Crippen molar-refractivity contribution in [3.8, 4) is 0 Å². The molecule has 0 aliphatic rings. The zero-order valence-corrected chi connectivity index (χ0v) is 13.1. The van der Waals surface area contributed by atoms with E-state index in [1.165, 1.54) is 10.0 Å². The predicted molar refractivity (Wildman–Crippen MR) is 73.9 cm³/mol. The molecule has 17 heavy (non-hydrogen) atoms. The molecular formula is C14H18BrFeN-6. The molecule has 0 aliphatic carbocycles. The molecule has 2 aromatic rings. The van der Waals surface area contributed by atoms with E-state index in [9.17, 15) is 0 Å². The van der Waals surface area contributed by atoms with Gasteiger partial charge in [-0.05, 0) is 20.1 Å². The van der Waals surface area contributed by atoms with Crippen molar-refractivity contribution in [2.24, 2.45) is 0 Å². The minimum Gasteiger partial charge on any atom is -0.748 e. The molecule has 0 heterocycles. The third-order valence-corrected chi connectivity index (χ3v) is 3.30. The molecule has 0 aliphatic heterocycles. The standard InChI is InChI=1S/C9H13BrN.C5H5.Fe/c1-7(11(2)3)8-5-4-6-9(8)10;1-2-4-5-3-1;/h4-7H,1-3H3;1-5H;/q-1;-5;/t7-;;/m1../s1. The van der Waals surface area contributed by atoms with E-state index >= 15 is 0 Å². The summed E-state index contributed by atoms with van der Waals surface area (Å²) in [4.78, 5) is 2.19. The van der Waals surface area contributed by atoms with E-state index in [-0.39, 0.29) is 17.1 Å². The Balaban J connectivity index is 0.000000360. The molecule has 0 amide bonds. The van der Waals surface area contributed by atoms with Gasteiger partial charge in [0.2, 0.25) is 0 Å². The Morgan fingerprint density at radius 3 is 1.94 bits per heavy atom. The third-order valence-electron chi connectivity index (χ3n) is 2.57. The van der Waals surface area contributed by atoms with Gasteiger partial charge in [-0.3, -0.25) is 0 Å². The largest absolute Gasteiger partial charge is 0.748 e. The Morgan fingerprint density at radius 2 is 1.65 bits per heavy atom. The van der Waals surface area contributed by atoms with Crippen molar-refractivity contribution in [2.45, 2.75) is 13.0 Å². The van der Waals surface area contributed by atoms with Crippen molar-refractivity contribution >= 4 is 15.9 Å². The van der Waals surface area contributed by atoms with Crippen LogP contribution in [-0.2, 0) is 17.1 Å². The van der Waals surface area contributed by atoms with E-state index in [0.717, 1.165) is 0 Å². The van der Waals surface area contributed by atoms with Gasteiger partial charge in [0.05, 0.1) is 0 Å². The van der Waals surface area contributed by atoms with Gasteiger partial charge in [0, 0.05) is 17.1 Å².